The maximum absolute atomic E-state index is 12.4. The van der Waals surface area contributed by atoms with Crippen LogP contribution in [-0.2, 0) is 4.79 Å². The number of carbonyl (C=O) groups excluding carboxylic acids is 2. The van der Waals surface area contributed by atoms with Crippen molar-refractivity contribution in [1.82, 2.24) is 0 Å². The summed E-state index contributed by atoms with van der Waals surface area (Å²) in [7, 11) is 0. The van der Waals surface area contributed by atoms with Crippen molar-refractivity contribution < 1.29 is 9.59 Å². The fourth-order valence-corrected chi connectivity index (χ4v) is 2.09. The monoisotopic (exact) mass is 330 g/mol. The lowest BCUT2D eigenvalue weighted by Gasteiger charge is -2.14. The van der Waals surface area contributed by atoms with Crippen molar-refractivity contribution >= 4 is 34.8 Å². The van der Waals surface area contributed by atoms with Crippen molar-refractivity contribution in [3.8, 4) is 0 Å². The molecule has 0 aromatic heterocycles. The van der Waals surface area contributed by atoms with Crippen LogP contribution < -0.4 is 10.6 Å². The van der Waals surface area contributed by atoms with Gasteiger partial charge in [-0.25, -0.2) is 0 Å². The Morgan fingerprint density at radius 3 is 2.35 bits per heavy atom. The second-order valence-electron chi connectivity index (χ2n) is 5.31. The molecule has 0 saturated carbocycles. The predicted molar refractivity (Wildman–Crippen MR) is 93.9 cm³/mol. The van der Waals surface area contributed by atoms with Gasteiger partial charge in [-0.15, -0.1) is 0 Å². The Bertz CT molecular complexity index is 698. The van der Waals surface area contributed by atoms with Gasteiger partial charge in [0.15, 0.2) is 0 Å². The largest absolute Gasteiger partial charge is 0.325 e. The number of anilines is 2. The molecule has 0 saturated heterocycles. The summed E-state index contributed by atoms with van der Waals surface area (Å²) in [6.07, 6.45) is 0.741. The van der Waals surface area contributed by atoms with Crippen LogP contribution in [0.15, 0.2) is 48.5 Å². The molecule has 120 valence electrons. The number of para-hydroxylation sites is 1. The Morgan fingerprint density at radius 1 is 1.04 bits per heavy atom. The number of rotatable bonds is 5. The Balaban J connectivity index is 2.17. The van der Waals surface area contributed by atoms with Crippen molar-refractivity contribution in [2.75, 3.05) is 10.6 Å². The van der Waals surface area contributed by atoms with Gasteiger partial charge >= 0.3 is 0 Å². The molecule has 1 atom stereocenters. The average molecular weight is 331 g/mol. The molecule has 2 aromatic rings. The first-order valence-electron chi connectivity index (χ1n) is 7.48. The smallest absolute Gasteiger partial charge is 0.257 e. The van der Waals surface area contributed by atoms with Gasteiger partial charge in [0.25, 0.3) is 5.91 Å². The van der Waals surface area contributed by atoms with Gasteiger partial charge in [0.1, 0.15) is 0 Å². The van der Waals surface area contributed by atoms with E-state index >= 15 is 0 Å². The lowest BCUT2D eigenvalue weighted by atomic mass is 10.1. The molecule has 5 heteroatoms. The topological polar surface area (TPSA) is 58.2 Å². The summed E-state index contributed by atoms with van der Waals surface area (Å²) in [5, 5.41) is 6.21. The van der Waals surface area contributed by atoms with Crippen LogP contribution in [0.1, 0.15) is 30.6 Å². The minimum Gasteiger partial charge on any atom is -0.325 e. The Kier molecular flexibility index (Phi) is 5.77. The Morgan fingerprint density at radius 2 is 1.70 bits per heavy atom. The number of amides is 2. The highest BCUT2D eigenvalue weighted by Gasteiger charge is 2.16. The second-order valence-corrected chi connectivity index (χ2v) is 5.74. The zero-order valence-corrected chi connectivity index (χ0v) is 13.9. The van der Waals surface area contributed by atoms with E-state index in [-0.39, 0.29) is 17.7 Å². The molecule has 0 radical (unpaired) electrons. The zero-order valence-electron chi connectivity index (χ0n) is 13.1. The molecule has 0 aliphatic rings. The zero-order chi connectivity index (χ0) is 16.8. The average Bonchev–Trinajstić information content (AvgIpc) is 2.56. The Hall–Kier alpha value is -2.33. The standard InChI is InChI=1S/C18H19ClN2O2/c1-3-12(2)17(22)21-16-7-5-4-6-15(16)18(23)20-14-10-8-13(19)9-11-14/h4-12H,3H2,1-2H3,(H,20,23)(H,21,22). The molecule has 0 aliphatic carbocycles. The summed E-state index contributed by atoms with van der Waals surface area (Å²) in [6.45, 7) is 3.80. The van der Waals surface area contributed by atoms with E-state index in [4.69, 9.17) is 11.6 Å². The van der Waals surface area contributed by atoms with Crippen molar-refractivity contribution in [1.29, 1.82) is 0 Å². The second kappa shape index (κ2) is 7.79. The van der Waals surface area contributed by atoms with Gasteiger partial charge in [0, 0.05) is 16.6 Å². The van der Waals surface area contributed by atoms with Crippen LogP contribution in [0.3, 0.4) is 0 Å². The Labute approximate surface area is 140 Å². The maximum Gasteiger partial charge on any atom is 0.257 e. The molecule has 2 rings (SSSR count). The summed E-state index contributed by atoms with van der Waals surface area (Å²) < 4.78 is 0. The summed E-state index contributed by atoms with van der Waals surface area (Å²) in [5.74, 6) is -0.492. The van der Waals surface area contributed by atoms with Crippen molar-refractivity contribution in [3.05, 3.63) is 59.1 Å². The first-order valence-corrected chi connectivity index (χ1v) is 7.86. The number of hydrogen-bond donors (Lipinski definition) is 2. The summed E-state index contributed by atoms with van der Waals surface area (Å²) in [5.41, 5.74) is 1.56. The van der Waals surface area contributed by atoms with E-state index in [2.05, 4.69) is 10.6 Å². The van der Waals surface area contributed by atoms with Gasteiger partial charge in [-0.2, -0.15) is 0 Å². The van der Waals surface area contributed by atoms with Gasteiger partial charge in [0.05, 0.1) is 11.3 Å². The maximum atomic E-state index is 12.4. The van der Waals surface area contributed by atoms with Gasteiger partial charge in [-0.1, -0.05) is 37.6 Å². The highest BCUT2D eigenvalue weighted by atomic mass is 35.5. The minimum atomic E-state index is -0.285. The number of hydrogen-bond acceptors (Lipinski definition) is 2. The number of nitrogens with one attached hydrogen (secondary N) is 2. The molecule has 2 amide bonds. The fraction of sp³-hybridized carbons (Fsp3) is 0.222. The van der Waals surface area contributed by atoms with Gasteiger partial charge < -0.3 is 10.6 Å². The molecule has 4 nitrogen and oxygen atoms in total. The van der Waals surface area contributed by atoms with Gasteiger partial charge in [-0.3, -0.25) is 9.59 Å². The number of benzene rings is 2. The first kappa shape index (κ1) is 17.0. The highest BCUT2D eigenvalue weighted by Crippen LogP contribution is 2.19. The van der Waals surface area contributed by atoms with Crippen LogP contribution in [0, 0.1) is 5.92 Å². The predicted octanol–water partition coefficient (Wildman–Crippen LogP) is 4.58. The van der Waals surface area contributed by atoms with Crippen LogP contribution in [0.5, 0.6) is 0 Å². The molecular weight excluding hydrogens is 312 g/mol. The van der Waals surface area contributed by atoms with Crippen molar-refractivity contribution in [2.45, 2.75) is 20.3 Å². The molecule has 2 aromatic carbocycles. The SMILES string of the molecule is CCC(C)C(=O)Nc1ccccc1C(=O)Nc1ccc(Cl)cc1. The van der Waals surface area contributed by atoms with E-state index in [0.717, 1.165) is 6.42 Å². The lowest BCUT2D eigenvalue weighted by Crippen LogP contribution is -2.22. The van der Waals surface area contributed by atoms with Gasteiger partial charge in [-0.05, 0) is 42.8 Å². The van der Waals surface area contributed by atoms with E-state index < -0.39 is 0 Å². The lowest BCUT2D eigenvalue weighted by molar-refractivity contribution is -0.119. The third-order valence-electron chi connectivity index (χ3n) is 3.59. The normalized spacial score (nSPS) is 11.6. The molecule has 2 N–H and O–H groups in total. The quantitative estimate of drug-likeness (QED) is 0.843. The molecule has 0 fully saturated rings. The molecular formula is C18H19ClN2O2. The number of carbonyl (C=O) groups is 2. The molecule has 23 heavy (non-hydrogen) atoms. The van der Waals surface area contributed by atoms with Gasteiger partial charge in [0.2, 0.25) is 5.91 Å². The van der Waals surface area contributed by atoms with E-state index in [9.17, 15) is 9.59 Å². The summed E-state index contributed by atoms with van der Waals surface area (Å²) in [4.78, 5) is 24.5. The summed E-state index contributed by atoms with van der Waals surface area (Å²) >= 11 is 5.83. The van der Waals surface area contributed by atoms with Crippen LogP contribution in [0.4, 0.5) is 11.4 Å². The van der Waals surface area contributed by atoms with Crippen molar-refractivity contribution in [2.24, 2.45) is 5.92 Å². The van der Waals surface area contributed by atoms with Crippen LogP contribution in [0.2, 0.25) is 5.02 Å². The minimum absolute atomic E-state index is 0.0979. The fourth-order valence-electron chi connectivity index (χ4n) is 1.96. The van der Waals surface area contributed by atoms with E-state index in [1.54, 1.807) is 48.5 Å². The molecule has 0 spiro atoms. The van der Waals surface area contributed by atoms with E-state index in [1.165, 1.54) is 0 Å². The van der Waals surface area contributed by atoms with E-state index in [1.807, 2.05) is 13.8 Å². The van der Waals surface area contributed by atoms with Crippen LogP contribution in [0.25, 0.3) is 0 Å². The highest BCUT2D eigenvalue weighted by molar-refractivity contribution is 6.30. The molecule has 0 bridgehead atoms. The first-order chi connectivity index (χ1) is 11.0. The molecule has 0 heterocycles. The molecule has 0 aliphatic heterocycles. The third kappa shape index (κ3) is 4.57. The summed E-state index contributed by atoms with van der Waals surface area (Å²) in [6, 6.07) is 13.8. The van der Waals surface area contributed by atoms with Crippen LogP contribution in [-0.4, -0.2) is 11.8 Å². The van der Waals surface area contributed by atoms with Crippen molar-refractivity contribution in [3.63, 3.8) is 0 Å². The third-order valence-corrected chi connectivity index (χ3v) is 3.84. The van der Waals surface area contributed by atoms with E-state index in [0.29, 0.717) is 22.0 Å². The number of halogens is 1. The van der Waals surface area contributed by atoms with Crippen LogP contribution >= 0.6 is 11.6 Å². The molecule has 1 unspecified atom stereocenters.